The molecule has 2 aliphatic heterocycles. The number of hydrogen-bond donors (Lipinski definition) is 1. The van der Waals surface area contributed by atoms with Crippen molar-refractivity contribution in [3.63, 3.8) is 0 Å². The van der Waals surface area contributed by atoms with Gasteiger partial charge in [0, 0.05) is 56.9 Å². The molecule has 6 nitrogen and oxygen atoms in total. The Hall–Kier alpha value is -2.13. The summed E-state index contributed by atoms with van der Waals surface area (Å²) in [4.78, 5) is 28.5. The molecule has 160 valence electrons. The Morgan fingerprint density at radius 3 is 2.59 bits per heavy atom. The van der Waals surface area contributed by atoms with Gasteiger partial charge in [-0.15, -0.1) is 0 Å². The number of halogens is 3. The predicted octanol–water partition coefficient (Wildman–Crippen LogP) is 1.89. The molecule has 0 aliphatic carbocycles. The molecule has 0 bridgehead atoms. The molecule has 3 rings (SSSR count). The fourth-order valence-corrected chi connectivity index (χ4v) is 4.69. The van der Waals surface area contributed by atoms with E-state index in [1.807, 2.05) is 0 Å². The Morgan fingerprint density at radius 2 is 2.03 bits per heavy atom. The number of aliphatic hydroxyl groups is 1. The van der Waals surface area contributed by atoms with Crippen LogP contribution in [0.1, 0.15) is 30.6 Å². The van der Waals surface area contributed by atoms with Crippen LogP contribution in [0.5, 0.6) is 0 Å². The van der Waals surface area contributed by atoms with Crippen molar-refractivity contribution >= 4 is 12.0 Å². The van der Waals surface area contributed by atoms with Crippen molar-refractivity contribution in [2.75, 3.05) is 27.2 Å². The molecule has 1 amide bonds. The normalized spacial score (nSPS) is 26.7. The van der Waals surface area contributed by atoms with E-state index in [2.05, 4.69) is 0 Å². The minimum Gasteiger partial charge on any atom is -0.396 e. The molecule has 4 atom stereocenters. The number of likely N-dealkylation sites (N-methyl/N-ethyl adjacent to an activating group) is 1. The summed E-state index contributed by atoms with van der Waals surface area (Å²) < 4.78 is 40.5. The molecular weight excluding hydrogens is 387 g/mol. The first-order valence-electron chi connectivity index (χ1n) is 9.61. The van der Waals surface area contributed by atoms with Crippen LogP contribution in [0.25, 0.3) is 6.08 Å². The molecule has 3 heterocycles. The van der Waals surface area contributed by atoms with Gasteiger partial charge in [-0.25, -0.2) is 0 Å². The molecule has 0 radical (unpaired) electrons. The third kappa shape index (κ3) is 3.85. The highest BCUT2D eigenvalue weighted by molar-refractivity contribution is 5.82. The first-order chi connectivity index (χ1) is 13.6. The molecule has 9 heteroatoms. The SMILES string of the molecule is CC=Cc1ccc2n(c1=O)C[C@@H]1[C@@H](CO)[C@H](C(=O)N(C)C)N(CCC(F)(F)F)[C@H]21. The number of fused-ring (bicyclic) bond motifs is 3. The van der Waals surface area contributed by atoms with Crippen molar-refractivity contribution in [3.8, 4) is 0 Å². The van der Waals surface area contributed by atoms with E-state index in [0.717, 1.165) is 0 Å². The highest BCUT2D eigenvalue weighted by Crippen LogP contribution is 2.49. The quantitative estimate of drug-likeness (QED) is 0.801. The third-order valence-electron chi connectivity index (χ3n) is 5.91. The minimum absolute atomic E-state index is 0.210. The molecular formula is C20H26F3N3O3. The van der Waals surface area contributed by atoms with Crippen LogP contribution in [0, 0.1) is 11.8 Å². The maximum atomic E-state index is 13.0. The van der Waals surface area contributed by atoms with Crippen molar-refractivity contribution in [2.24, 2.45) is 11.8 Å². The van der Waals surface area contributed by atoms with Crippen LogP contribution < -0.4 is 5.56 Å². The highest BCUT2D eigenvalue weighted by atomic mass is 19.4. The lowest BCUT2D eigenvalue weighted by molar-refractivity contribution is -0.146. The zero-order valence-corrected chi connectivity index (χ0v) is 16.7. The second kappa shape index (κ2) is 7.95. The Kier molecular flexibility index (Phi) is 5.91. The van der Waals surface area contributed by atoms with E-state index < -0.39 is 30.6 Å². The van der Waals surface area contributed by atoms with E-state index in [9.17, 15) is 27.9 Å². The molecule has 0 aromatic carbocycles. The molecule has 29 heavy (non-hydrogen) atoms. The number of alkyl halides is 3. The second-order valence-electron chi connectivity index (χ2n) is 7.86. The molecule has 2 aliphatic rings. The average molecular weight is 413 g/mol. The van der Waals surface area contributed by atoms with Gasteiger partial charge in [0.25, 0.3) is 5.56 Å². The second-order valence-corrected chi connectivity index (χ2v) is 7.86. The zero-order valence-electron chi connectivity index (χ0n) is 16.7. The van der Waals surface area contributed by atoms with Crippen LogP contribution in [0.2, 0.25) is 0 Å². The Balaban J connectivity index is 2.07. The number of carbonyl (C=O) groups is 1. The van der Waals surface area contributed by atoms with Crippen LogP contribution >= 0.6 is 0 Å². The molecule has 1 N–H and O–H groups in total. The van der Waals surface area contributed by atoms with Gasteiger partial charge in [-0.1, -0.05) is 12.2 Å². The zero-order chi connectivity index (χ0) is 21.5. The molecule has 1 fully saturated rings. The van der Waals surface area contributed by atoms with Gasteiger partial charge in [-0.05, 0) is 19.1 Å². The van der Waals surface area contributed by atoms with Crippen molar-refractivity contribution in [3.05, 3.63) is 39.8 Å². The number of aromatic nitrogens is 1. The Morgan fingerprint density at radius 1 is 1.34 bits per heavy atom. The van der Waals surface area contributed by atoms with E-state index in [-0.39, 0.29) is 37.1 Å². The minimum atomic E-state index is -4.37. The lowest BCUT2D eigenvalue weighted by Gasteiger charge is -2.32. The molecule has 0 saturated carbocycles. The van der Waals surface area contributed by atoms with E-state index in [1.165, 1.54) is 9.80 Å². The Labute approximate surface area is 167 Å². The average Bonchev–Trinajstić information content (AvgIpc) is 3.15. The topological polar surface area (TPSA) is 65.8 Å². The number of nitrogens with zero attached hydrogens (tertiary/aromatic N) is 3. The van der Waals surface area contributed by atoms with Gasteiger partial charge < -0.3 is 14.6 Å². The van der Waals surface area contributed by atoms with Crippen molar-refractivity contribution < 1.29 is 23.1 Å². The van der Waals surface area contributed by atoms with Crippen LogP contribution in [0.3, 0.4) is 0 Å². The van der Waals surface area contributed by atoms with Gasteiger partial charge in [0.2, 0.25) is 5.91 Å². The van der Waals surface area contributed by atoms with Gasteiger partial charge >= 0.3 is 6.18 Å². The molecule has 0 spiro atoms. The highest BCUT2D eigenvalue weighted by Gasteiger charge is 2.56. The van der Waals surface area contributed by atoms with E-state index in [0.29, 0.717) is 11.3 Å². The molecule has 1 aromatic rings. The number of allylic oxidation sites excluding steroid dienone is 1. The molecule has 0 unspecified atom stereocenters. The van der Waals surface area contributed by atoms with Crippen LogP contribution in [0.15, 0.2) is 23.0 Å². The monoisotopic (exact) mass is 413 g/mol. The summed E-state index contributed by atoms with van der Waals surface area (Å²) in [5.41, 5.74) is 0.889. The van der Waals surface area contributed by atoms with E-state index in [4.69, 9.17) is 0 Å². The summed E-state index contributed by atoms with van der Waals surface area (Å²) in [7, 11) is 3.10. The number of rotatable bonds is 5. The lowest BCUT2D eigenvalue weighted by atomic mass is 9.88. The van der Waals surface area contributed by atoms with Gasteiger partial charge in [-0.3, -0.25) is 14.5 Å². The summed E-state index contributed by atoms with van der Waals surface area (Å²) in [6.07, 6.45) is -2.00. The summed E-state index contributed by atoms with van der Waals surface area (Å²) in [6, 6.07) is 2.04. The molecule has 1 aromatic heterocycles. The van der Waals surface area contributed by atoms with Crippen molar-refractivity contribution in [1.29, 1.82) is 0 Å². The van der Waals surface area contributed by atoms with Gasteiger partial charge in [0.1, 0.15) is 0 Å². The number of amides is 1. The standard InChI is InChI=1S/C20H26F3N3O3/c1-4-5-12-6-7-15-16-13(10-26(15)18(12)28)14(11-27)17(19(29)24(2)3)25(16)9-8-20(21,22)23/h4-7,13-14,16-17,27H,8-11H2,1-3H3/t13-,14-,16+,17-/m1/s1. The fraction of sp³-hybridized carbons (Fsp3) is 0.600. The number of pyridine rings is 1. The van der Waals surface area contributed by atoms with E-state index in [1.54, 1.807) is 49.9 Å². The van der Waals surface area contributed by atoms with Gasteiger partial charge in [0.15, 0.2) is 0 Å². The largest absolute Gasteiger partial charge is 0.396 e. The molecule has 1 saturated heterocycles. The Bertz CT molecular complexity index is 863. The van der Waals surface area contributed by atoms with Gasteiger partial charge in [0.05, 0.1) is 18.5 Å². The van der Waals surface area contributed by atoms with Crippen molar-refractivity contribution in [2.45, 2.75) is 38.1 Å². The third-order valence-corrected chi connectivity index (χ3v) is 5.91. The van der Waals surface area contributed by atoms with Crippen molar-refractivity contribution in [1.82, 2.24) is 14.4 Å². The number of aliphatic hydroxyl groups excluding tert-OH is 1. The summed E-state index contributed by atoms with van der Waals surface area (Å²) in [5.74, 6) is -1.19. The van der Waals surface area contributed by atoms with Crippen LogP contribution in [-0.4, -0.2) is 64.8 Å². The van der Waals surface area contributed by atoms with Crippen LogP contribution in [0.4, 0.5) is 13.2 Å². The first-order valence-corrected chi connectivity index (χ1v) is 9.61. The number of hydrogen-bond acceptors (Lipinski definition) is 4. The summed E-state index contributed by atoms with van der Waals surface area (Å²) in [6.45, 7) is 1.37. The number of likely N-dealkylation sites (tertiary alicyclic amines) is 1. The number of carbonyl (C=O) groups excluding carboxylic acids is 1. The summed E-state index contributed by atoms with van der Waals surface area (Å²) >= 11 is 0. The maximum absolute atomic E-state index is 13.0. The summed E-state index contributed by atoms with van der Waals surface area (Å²) in [5, 5.41) is 10.0. The maximum Gasteiger partial charge on any atom is 0.390 e. The predicted molar refractivity (Wildman–Crippen MR) is 102 cm³/mol. The van der Waals surface area contributed by atoms with Gasteiger partial charge in [-0.2, -0.15) is 13.2 Å². The first kappa shape index (κ1) is 21.6. The lowest BCUT2D eigenvalue weighted by Crippen LogP contribution is -2.48. The smallest absolute Gasteiger partial charge is 0.390 e. The fourth-order valence-electron chi connectivity index (χ4n) is 4.69. The van der Waals surface area contributed by atoms with E-state index >= 15 is 0 Å². The van der Waals surface area contributed by atoms with Crippen LogP contribution in [-0.2, 0) is 11.3 Å².